The highest BCUT2D eigenvalue weighted by molar-refractivity contribution is 7.92. The van der Waals surface area contributed by atoms with Crippen LogP contribution in [0.15, 0.2) is 47.4 Å². The van der Waals surface area contributed by atoms with Gasteiger partial charge in [-0.1, -0.05) is 0 Å². The van der Waals surface area contributed by atoms with E-state index in [1.54, 1.807) is 18.2 Å². The number of fused-ring (bicyclic) bond motifs is 1. The summed E-state index contributed by atoms with van der Waals surface area (Å²) in [5.41, 5.74) is 2.68. The van der Waals surface area contributed by atoms with Crippen molar-refractivity contribution in [3.63, 3.8) is 0 Å². The standard InChI is InChI=1S/C19H22N2O3S/c22-25(23,18-8-9-19-15(14-18)10-13-24-19)20-16-4-6-17(7-5-16)21-11-2-1-3-12-21/h4-9,14,20H,1-3,10-13H2. The second kappa shape index (κ2) is 6.59. The van der Waals surface area contributed by atoms with Gasteiger partial charge in [-0.2, -0.15) is 0 Å². The Morgan fingerprint density at radius 3 is 2.48 bits per heavy atom. The van der Waals surface area contributed by atoms with Crippen LogP contribution in [-0.4, -0.2) is 28.1 Å². The Labute approximate surface area is 148 Å². The normalized spacial score (nSPS) is 17.0. The number of nitrogens with zero attached hydrogens (tertiary/aromatic N) is 1. The van der Waals surface area contributed by atoms with E-state index in [9.17, 15) is 8.42 Å². The second-order valence-electron chi connectivity index (χ2n) is 6.57. The van der Waals surface area contributed by atoms with Crippen molar-refractivity contribution in [2.24, 2.45) is 0 Å². The lowest BCUT2D eigenvalue weighted by atomic mass is 10.1. The molecule has 0 spiro atoms. The van der Waals surface area contributed by atoms with Crippen molar-refractivity contribution < 1.29 is 13.2 Å². The van der Waals surface area contributed by atoms with E-state index >= 15 is 0 Å². The molecule has 2 aromatic rings. The van der Waals surface area contributed by atoms with Gasteiger partial charge in [0.1, 0.15) is 5.75 Å². The molecule has 0 unspecified atom stereocenters. The fourth-order valence-corrected chi connectivity index (χ4v) is 4.55. The minimum atomic E-state index is -3.59. The summed E-state index contributed by atoms with van der Waals surface area (Å²) in [6.07, 6.45) is 4.48. The van der Waals surface area contributed by atoms with Crippen molar-refractivity contribution in [2.45, 2.75) is 30.6 Å². The molecular weight excluding hydrogens is 336 g/mol. The Morgan fingerprint density at radius 1 is 0.960 bits per heavy atom. The predicted octanol–water partition coefficient (Wildman–Crippen LogP) is 3.41. The summed E-state index contributed by atoms with van der Waals surface area (Å²) in [5.74, 6) is 0.782. The van der Waals surface area contributed by atoms with Crippen molar-refractivity contribution >= 4 is 21.4 Å². The van der Waals surface area contributed by atoms with E-state index in [4.69, 9.17) is 4.74 Å². The summed E-state index contributed by atoms with van der Waals surface area (Å²) in [5, 5.41) is 0. The van der Waals surface area contributed by atoms with Gasteiger partial charge in [0.05, 0.1) is 11.5 Å². The van der Waals surface area contributed by atoms with Gasteiger partial charge in [0.15, 0.2) is 0 Å². The maximum absolute atomic E-state index is 12.6. The SMILES string of the molecule is O=S(=O)(Nc1ccc(N2CCCCC2)cc1)c1ccc2c(c1)CCO2. The van der Waals surface area contributed by atoms with Gasteiger partial charge in [-0.15, -0.1) is 0 Å². The first-order valence-corrected chi connectivity index (χ1v) is 10.2. The van der Waals surface area contributed by atoms with Crippen molar-refractivity contribution in [1.29, 1.82) is 0 Å². The Bertz CT molecular complexity index is 857. The average Bonchev–Trinajstić information content (AvgIpc) is 3.10. The van der Waals surface area contributed by atoms with E-state index in [2.05, 4.69) is 9.62 Å². The smallest absolute Gasteiger partial charge is 0.261 e. The molecule has 6 heteroatoms. The van der Waals surface area contributed by atoms with Crippen molar-refractivity contribution in [3.8, 4) is 5.75 Å². The topological polar surface area (TPSA) is 58.6 Å². The van der Waals surface area contributed by atoms with Crippen LogP contribution in [0.25, 0.3) is 0 Å². The molecule has 0 bridgehead atoms. The summed E-state index contributed by atoms with van der Waals surface area (Å²) in [6, 6.07) is 12.7. The van der Waals surface area contributed by atoms with Crippen molar-refractivity contribution in [1.82, 2.24) is 0 Å². The van der Waals surface area contributed by atoms with Gasteiger partial charge in [0, 0.05) is 30.9 Å². The van der Waals surface area contributed by atoms with Gasteiger partial charge < -0.3 is 9.64 Å². The Kier molecular flexibility index (Phi) is 4.29. The lowest BCUT2D eigenvalue weighted by Gasteiger charge is -2.28. The molecule has 25 heavy (non-hydrogen) atoms. The van der Waals surface area contributed by atoms with Crippen LogP contribution >= 0.6 is 0 Å². The monoisotopic (exact) mass is 358 g/mol. The van der Waals surface area contributed by atoms with E-state index in [1.807, 2.05) is 24.3 Å². The fourth-order valence-electron chi connectivity index (χ4n) is 3.44. The van der Waals surface area contributed by atoms with Crippen LogP contribution in [0.1, 0.15) is 24.8 Å². The minimum absolute atomic E-state index is 0.275. The first kappa shape index (κ1) is 16.3. The molecule has 2 aliphatic heterocycles. The van der Waals surface area contributed by atoms with Crippen LogP contribution in [0.2, 0.25) is 0 Å². The maximum atomic E-state index is 12.6. The van der Waals surface area contributed by atoms with Gasteiger partial charge in [0.2, 0.25) is 0 Å². The molecule has 0 amide bonds. The fraction of sp³-hybridized carbons (Fsp3) is 0.368. The Hall–Kier alpha value is -2.21. The quantitative estimate of drug-likeness (QED) is 0.910. The van der Waals surface area contributed by atoms with Crippen LogP contribution in [0.5, 0.6) is 5.75 Å². The minimum Gasteiger partial charge on any atom is -0.493 e. The van der Waals surface area contributed by atoms with Gasteiger partial charge in [-0.3, -0.25) is 4.72 Å². The van der Waals surface area contributed by atoms with Crippen LogP contribution in [0, 0.1) is 0 Å². The molecule has 0 radical (unpaired) electrons. The summed E-state index contributed by atoms with van der Waals surface area (Å²) in [6.45, 7) is 2.76. The molecule has 4 rings (SSSR count). The number of anilines is 2. The molecule has 0 aliphatic carbocycles. The van der Waals surface area contributed by atoms with Crippen LogP contribution in [-0.2, 0) is 16.4 Å². The van der Waals surface area contributed by atoms with Gasteiger partial charge in [-0.25, -0.2) is 8.42 Å². The van der Waals surface area contributed by atoms with Crippen LogP contribution in [0.4, 0.5) is 11.4 Å². The molecule has 1 saturated heterocycles. The maximum Gasteiger partial charge on any atom is 0.261 e. The summed E-state index contributed by atoms with van der Waals surface area (Å²) in [7, 11) is -3.59. The number of hydrogen-bond donors (Lipinski definition) is 1. The van der Waals surface area contributed by atoms with E-state index in [-0.39, 0.29) is 4.90 Å². The number of sulfonamides is 1. The molecule has 5 nitrogen and oxygen atoms in total. The zero-order chi connectivity index (χ0) is 17.3. The van der Waals surface area contributed by atoms with E-state index < -0.39 is 10.0 Å². The Balaban J connectivity index is 1.50. The zero-order valence-corrected chi connectivity index (χ0v) is 14.9. The third-order valence-corrected chi connectivity index (χ3v) is 6.19. The summed E-state index contributed by atoms with van der Waals surface area (Å²) >= 11 is 0. The number of benzene rings is 2. The summed E-state index contributed by atoms with van der Waals surface area (Å²) < 4.78 is 33.4. The predicted molar refractivity (Wildman–Crippen MR) is 99.0 cm³/mol. The Morgan fingerprint density at radius 2 is 1.72 bits per heavy atom. The van der Waals surface area contributed by atoms with E-state index in [0.717, 1.165) is 36.5 Å². The van der Waals surface area contributed by atoms with Crippen LogP contribution in [0.3, 0.4) is 0 Å². The second-order valence-corrected chi connectivity index (χ2v) is 8.25. The molecule has 1 fully saturated rings. The molecule has 2 heterocycles. The molecular formula is C19H22N2O3S. The number of nitrogens with one attached hydrogen (secondary N) is 1. The third kappa shape index (κ3) is 3.44. The van der Waals surface area contributed by atoms with E-state index in [1.165, 1.54) is 19.3 Å². The number of ether oxygens (including phenoxy) is 1. The number of hydrogen-bond acceptors (Lipinski definition) is 4. The van der Waals surface area contributed by atoms with Crippen molar-refractivity contribution in [3.05, 3.63) is 48.0 Å². The lowest BCUT2D eigenvalue weighted by Crippen LogP contribution is -2.29. The zero-order valence-electron chi connectivity index (χ0n) is 14.1. The molecule has 132 valence electrons. The molecule has 1 N–H and O–H groups in total. The third-order valence-electron chi connectivity index (χ3n) is 4.81. The largest absolute Gasteiger partial charge is 0.493 e. The van der Waals surface area contributed by atoms with Gasteiger partial charge >= 0.3 is 0 Å². The molecule has 0 aromatic heterocycles. The first-order chi connectivity index (χ1) is 12.1. The average molecular weight is 358 g/mol. The highest BCUT2D eigenvalue weighted by Crippen LogP contribution is 2.29. The molecule has 0 saturated carbocycles. The highest BCUT2D eigenvalue weighted by atomic mass is 32.2. The van der Waals surface area contributed by atoms with Gasteiger partial charge in [0.25, 0.3) is 10.0 Å². The van der Waals surface area contributed by atoms with Crippen molar-refractivity contribution in [2.75, 3.05) is 29.3 Å². The highest BCUT2D eigenvalue weighted by Gasteiger charge is 2.19. The molecule has 0 atom stereocenters. The van der Waals surface area contributed by atoms with E-state index in [0.29, 0.717) is 12.3 Å². The summed E-state index contributed by atoms with van der Waals surface area (Å²) in [4.78, 5) is 2.62. The van der Waals surface area contributed by atoms with Crippen LogP contribution < -0.4 is 14.4 Å². The lowest BCUT2D eigenvalue weighted by molar-refractivity contribution is 0.356. The molecule has 2 aliphatic rings. The molecule has 2 aromatic carbocycles. The first-order valence-electron chi connectivity index (χ1n) is 8.75. The number of piperidine rings is 1. The number of rotatable bonds is 4. The van der Waals surface area contributed by atoms with Gasteiger partial charge in [-0.05, 0) is 67.3 Å².